The fourth-order valence-corrected chi connectivity index (χ4v) is 3.41. The quantitative estimate of drug-likeness (QED) is 0.826. The third-order valence-corrected chi connectivity index (χ3v) is 4.86. The zero-order valence-electron chi connectivity index (χ0n) is 16.1. The van der Waals surface area contributed by atoms with Crippen molar-refractivity contribution in [3.8, 4) is 11.5 Å². The number of hydrogen-bond acceptors (Lipinski definition) is 6. The number of fused-ring (bicyclic) bond motifs is 1. The first-order valence-corrected chi connectivity index (χ1v) is 9.55. The second-order valence-corrected chi connectivity index (χ2v) is 6.99. The molecule has 0 unspecified atom stereocenters. The lowest BCUT2D eigenvalue weighted by atomic mass is 10.0. The molecule has 1 aromatic heterocycles. The molecule has 2 aliphatic heterocycles. The summed E-state index contributed by atoms with van der Waals surface area (Å²) in [7, 11) is 1.84. The Hall–Kier alpha value is -3.03. The first-order valence-electron chi connectivity index (χ1n) is 9.55. The Labute approximate surface area is 163 Å². The largest absolute Gasteiger partial charge is 0.486 e. The molecule has 0 fully saturated rings. The Morgan fingerprint density at radius 1 is 1.32 bits per heavy atom. The number of nitrogens with one attached hydrogen (secondary N) is 1. The highest BCUT2D eigenvalue weighted by Gasteiger charge is 2.31. The Morgan fingerprint density at radius 3 is 2.89 bits per heavy atom. The van der Waals surface area contributed by atoms with E-state index >= 15 is 0 Å². The molecular formula is C20H24N4O4. The van der Waals surface area contributed by atoms with Crippen molar-refractivity contribution in [2.24, 2.45) is 12.2 Å². The van der Waals surface area contributed by atoms with Crippen LogP contribution in [0.5, 0.6) is 11.5 Å². The van der Waals surface area contributed by atoms with Crippen molar-refractivity contribution in [1.82, 2.24) is 15.1 Å². The van der Waals surface area contributed by atoms with Gasteiger partial charge in [0.15, 0.2) is 11.5 Å². The minimum Gasteiger partial charge on any atom is -0.486 e. The molecule has 0 radical (unpaired) electrons. The molecular weight excluding hydrogens is 360 g/mol. The maximum Gasteiger partial charge on any atom is 0.264 e. The standard InChI is InChI=1S/C20H24N4O4/c1-3-4-15(13-5-6-17-18(9-13)27-8-7-26-17)22-20(25)19-10-16(23-28-19)14-11-21-24(2)12-14/h5-6,9,11-12,15,19H,3-4,7-8,10H2,1-2H3,(H,22,25)/t15-,19-/m1/s1. The number of oxime groups is 1. The van der Waals surface area contributed by atoms with Gasteiger partial charge in [0, 0.05) is 25.2 Å². The number of aryl methyl sites for hydroxylation is 1. The smallest absolute Gasteiger partial charge is 0.264 e. The fourth-order valence-electron chi connectivity index (χ4n) is 3.41. The van der Waals surface area contributed by atoms with Crippen LogP contribution in [0.15, 0.2) is 35.7 Å². The van der Waals surface area contributed by atoms with Crippen LogP contribution in [0.3, 0.4) is 0 Å². The SMILES string of the molecule is CCC[C@@H](NC(=O)[C@H]1CC(c2cnn(C)c2)=NO1)c1ccc2c(c1)OCCO2. The van der Waals surface area contributed by atoms with Crippen LogP contribution in [0.25, 0.3) is 0 Å². The lowest BCUT2D eigenvalue weighted by molar-refractivity contribution is -0.132. The zero-order chi connectivity index (χ0) is 19.5. The van der Waals surface area contributed by atoms with Crippen molar-refractivity contribution >= 4 is 11.6 Å². The molecule has 2 aromatic rings. The van der Waals surface area contributed by atoms with Gasteiger partial charge in [0.2, 0.25) is 6.10 Å². The third kappa shape index (κ3) is 3.81. The predicted molar refractivity (Wildman–Crippen MR) is 102 cm³/mol. The highest BCUT2D eigenvalue weighted by molar-refractivity contribution is 6.03. The number of hydrogen-bond donors (Lipinski definition) is 1. The van der Waals surface area contributed by atoms with Gasteiger partial charge in [-0.2, -0.15) is 5.10 Å². The van der Waals surface area contributed by atoms with Crippen LogP contribution in [0.4, 0.5) is 0 Å². The van der Waals surface area contributed by atoms with Crippen molar-refractivity contribution < 1.29 is 19.1 Å². The van der Waals surface area contributed by atoms with Crippen LogP contribution >= 0.6 is 0 Å². The molecule has 2 atom stereocenters. The Balaban J connectivity index is 1.43. The summed E-state index contributed by atoms with van der Waals surface area (Å²) in [5, 5.41) is 11.3. The normalized spacial score (nSPS) is 18.9. The number of ether oxygens (including phenoxy) is 2. The number of amides is 1. The van der Waals surface area contributed by atoms with E-state index < -0.39 is 6.10 Å². The van der Waals surface area contributed by atoms with E-state index in [1.54, 1.807) is 10.9 Å². The van der Waals surface area contributed by atoms with E-state index in [9.17, 15) is 4.79 Å². The molecule has 4 rings (SSSR count). The zero-order valence-corrected chi connectivity index (χ0v) is 16.1. The maximum absolute atomic E-state index is 12.8. The molecule has 1 aromatic carbocycles. The number of carbonyl (C=O) groups is 1. The van der Waals surface area contributed by atoms with Gasteiger partial charge in [-0.3, -0.25) is 9.48 Å². The molecule has 0 saturated carbocycles. The summed E-state index contributed by atoms with van der Waals surface area (Å²) in [6, 6.07) is 5.69. The molecule has 0 spiro atoms. The monoisotopic (exact) mass is 384 g/mol. The van der Waals surface area contributed by atoms with Crippen LogP contribution in [0.2, 0.25) is 0 Å². The van der Waals surface area contributed by atoms with Crippen LogP contribution in [-0.2, 0) is 16.7 Å². The van der Waals surface area contributed by atoms with Crippen molar-refractivity contribution in [3.63, 3.8) is 0 Å². The van der Waals surface area contributed by atoms with Gasteiger partial charge in [-0.1, -0.05) is 24.6 Å². The van der Waals surface area contributed by atoms with Crippen molar-refractivity contribution in [3.05, 3.63) is 41.7 Å². The van der Waals surface area contributed by atoms with Gasteiger partial charge in [-0.05, 0) is 24.1 Å². The van der Waals surface area contributed by atoms with Gasteiger partial charge in [0.1, 0.15) is 13.2 Å². The maximum atomic E-state index is 12.8. The van der Waals surface area contributed by atoms with E-state index in [1.807, 2.05) is 31.4 Å². The topological polar surface area (TPSA) is 87.0 Å². The number of aromatic nitrogens is 2. The summed E-state index contributed by atoms with van der Waals surface area (Å²) in [5.74, 6) is 1.29. The van der Waals surface area contributed by atoms with Gasteiger partial charge in [-0.25, -0.2) is 0 Å². The summed E-state index contributed by atoms with van der Waals surface area (Å²) in [5.41, 5.74) is 2.60. The van der Waals surface area contributed by atoms with Gasteiger partial charge in [0.25, 0.3) is 5.91 Å². The molecule has 0 aliphatic carbocycles. The Kier molecular flexibility index (Phi) is 5.18. The van der Waals surface area contributed by atoms with Crippen LogP contribution in [-0.4, -0.2) is 40.7 Å². The van der Waals surface area contributed by atoms with E-state index in [1.165, 1.54) is 0 Å². The molecule has 0 bridgehead atoms. The molecule has 28 heavy (non-hydrogen) atoms. The molecule has 148 valence electrons. The lowest BCUT2D eigenvalue weighted by Gasteiger charge is -2.23. The molecule has 8 heteroatoms. The van der Waals surface area contributed by atoms with Crippen molar-refractivity contribution in [2.75, 3.05) is 13.2 Å². The molecule has 8 nitrogen and oxygen atoms in total. The van der Waals surface area contributed by atoms with Crippen molar-refractivity contribution in [1.29, 1.82) is 0 Å². The molecule has 2 aliphatic rings. The predicted octanol–water partition coefficient (Wildman–Crippen LogP) is 2.34. The highest BCUT2D eigenvalue weighted by Crippen LogP contribution is 2.33. The van der Waals surface area contributed by atoms with E-state index in [2.05, 4.69) is 22.5 Å². The number of rotatable bonds is 6. The lowest BCUT2D eigenvalue weighted by Crippen LogP contribution is -2.37. The highest BCUT2D eigenvalue weighted by atomic mass is 16.6. The molecule has 1 amide bonds. The number of nitrogens with zero attached hydrogens (tertiary/aromatic N) is 3. The average Bonchev–Trinajstić information content (AvgIpc) is 3.36. The van der Waals surface area contributed by atoms with Gasteiger partial charge < -0.3 is 19.6 Å². The molecule has 1 N–H and O–H groups in total. The second-order valence-electron chi connectivity index (χ2n) is 6.99. The van der Waals surface area contributed by atoms with E-state index in [-0.39, 0.29) is 11.9 Å². The summed E-state index contributed by atoms with van der Waals surface area (Å²) in [6.07, 6.45) is 5.12. The van der Waals surface area contributed by atoms with Crippen LogP contribution < -0.4 is 14.8 Å². The summed E-state index contributed by atoms with van der Waals surface area (Å²) >= 11 is 0. The van der Waals surface area contributed by atoms with Crippen LogP contribution in [0, 0.1) is 0 Å². The third-order valence-electron chi connectivity index (χ3n) is 4.86. The number of carbonyl (C=O) groups excluding carboxylic acids is 1. The van der Waals surface area contributed by atoms with Crippen LogP contribution in [0.1, 0.15) is 43.4 Å². The minimum absolute atomic E-state index is 0.126. The first-order chi connectivity index (χ1) is 13.6. The summed E-state index contributed by atoms with van der Waals surface area (Å²) in [6.45, 7) is 3.18. The van der Waals surface area contributed by atoms with E-state index in [4.69, 9.17) is 14.3 Å². The Morgan fingerprint density at radius 2 is 2.14 bits per heavy atom. The van der Waals surface area contributed by atoms with Gasteiger partial charge in [0.05, 0.1) is 18.0 Å². The molecule has 3 heterocycles. The fraction of sp³-hybridized carbons (Fsp3) is 0.450. The number of benzene rings is 1. The van der Waals surface area contributed by atoms with Crippen molar-refractivity contribution in [2.45, 2.75) is 38.3 Å². The van der Waals surface area contributed by atoms with E-state index in [0.29, 0.717) is 19.6 Å². The summed E-state index contributed by atoms with van der Waals surface area (Å²) < 4.78 is 13.0. The summed E-state index contributed by atoms with van der Waals surface area (Å²) in [4.78, 5) is 18.2. The first kappa shape index (κ1) is 18.3. The van der Waals surface area contributed by atoms with Gasteiger partial charge >= 0.3 is 0 Å². The second kappa shape index (κ2) is 7.92. The van der Waals surface area contributed by atoms with Gasteiger partial charge in [-0.15, -0.1) is 0 Å². The minimum atomic E-state index is -0.633. The average molecular weight is 384 g/mol. The molecule has 0 saturated heterocycles. The Bertz CT molecular complexity index is 892. The van der Waals surface area contributed by atoms with E-state index in [0.717, 1.165) is 41.2 Å².